The van der Waals surface area contributed by atoms with E-state index in [1.54, 1.807) is 6.07 Å². The molecule has 0 aromatic heterocycles. The standard InChI is InChI=1S/C14H12F2N2O2/c1-20-11-7-3-6-10(17)12(11)14(19)18-13-8(15)4-2-5-9(13)16/h2-7H,17H2,1H3,(H,18,19). The summed E-state index contributed by atoms with van der Waals surface area (Å²) in [6, 6.07) is 7.93. The van der Waals surface area contributed by atoms with Gasteiger partial charge >= 0.3 is 0 Å². The molecule has 6 heteroatoms. The highest BCUT2D eigenvalue weighted by atomic mass is 19.1. The van der Waals surface area contributed by atoms with E-state index in [1.807, 2.05) is 0 Å². The number of nitrogens with one attached hydrogen (secondary N) is 1. The number of ether oxygens (including phenoxy) is 1. The second-order valence-electron chi connectivity index (χ2n) is 3.98. The minimum Gasteiger partial charge on any atom is -0.496 e. The van der Waals surface area contributed by atoms with Gasteiger partial charge in [0, 0.05) is 5.69 Å². The van der Waals surface area contributed by atoms with Crippen LogP contribution in [0.3, 0.4) is 0 Å². The molecule has 0 spiro atoms. The fourth-order valence-corrected chi connectivity index (χ4v) is 1.75. The molecule has 104 valence electrons. The molecule has 0 saturated carbocycles. The second kappa shape index (κ2) is 5.56. The lowest BCUT2D eigenvalue weighted by molar-refractivity contribution is 0.102. The van der Waals surface area contributed by atoms with E-state index in [0.717, 1.165) is 12.1 Å². The van der Waals surface area contributed by atoms with Crippen LogP contribution in [-0.2, 0) is 0 Å². The lowest BCUT2D eigenvalue weighted by Gasteiger charge is -2.12. The normalized spacial score (nSPS) is 10.2. The first kappa shape index (κ1) is 13.8. The van der Waals surface area contributed by atoms with E-state index in [0.29, 0.717) is 0 Å². The first-order valence-electron chi connectivity index (χ1n) is 5.72. The van der Waals surface area contributed by atoms with Gasteiger partial charge in [-0.25, -0.2) is 8.78 Å². The Morgan fingerprint density at radius 3 is 2.35 bits per heavy atom. The van der Waals surface area contributed by atoms with Gasteiger partial charge in [0.25, 0.3) is 5.91 Å². The largest absolute Gasteiger partial charge is 0.496 e. The third kappa shape index (κ3) is 2.54. The SMILES string of the molecule is COc1cccc(N)c1C(=O)Nc1c(F)cccc1F. The summed E-state index contributed by atoms with van der Waals surface area (Å²) in [5.41, 5.74) is 5.35. The zero-order valence-electron chi connectivity index (χ0n) is 10.6. The molecule has 4 nitrogen and oxygen atoms in total. The molecule has 2 rings (SSSR count). The molecular formula is C14H12F2N2O2. The molecular weight excluding hydrogens is 266 g/mol. The van der Waals surface area contributed by atoms with Gasteiger partial charge in [0.2, 0.25) is 0 Å². The van der Waals surface area contributed by atoms with Crippen molar-refractivity contribution < 1.29 is 18.3 Å². The van der Waals surface area contributed by atoms with Gasteiger partial charge in [0.05, 0.1) is 7.11 Å². The van der Waals surface area contributed by atoms with E-state index >= 15 is 0 Å². The molecule has 1 amide bonds. The summed E-state index contributed by atoms with van der Waals surface area (Å²) < 4.78 is 32.0. The van der Waals surface area contributed by atoms with Crippen molar-refractivity contribution >= 4 is 17.3 Å². The topological polar surface area (TPSA) is 64.3 Å². The summed E-state index contributed by atoms with van der Waals surface area (Å²) in [7, 11) is 1.37. The lowest BCUT2D eigenvalue weighted by atomic mass is 10.1. The van der Waals surface area contributed by atoms with E-state index in [-0.39, 0.29) is 17.0 Å². The highest BCUT2D eigenvalue weighted by molar-refractivity contribution is 6.09. The van der Waals surface area contributed by atoms with E-state index in [4.69, 9.17) is 10.5 Å². The van der Waals surface area contributed by atoms with Crippen LogP contribution >= 0.6 is 0 Å². The highest BCUT2D eigenvalue weighted by Crippen LogP contribution is 2.26. The third-order valence-corrected chi connectivity index (χ3v) is 2.71. The van der Waals surface area contributed by atoms with Gasteiger partial charge in [-0.3, -0.25) is 4.79 Å². The smallest absolute Gasteiger partial charge is 0.261 e. The Bertz CT molecular complexity index is 639. The first-order chi connectivity index (χ1) is 9.54. The van der Waals surface area contributed by atoms with Crippen molar-refractivity contribution in [1.29, 1.82) is 0 Å². The molecule has 0 aliphatic carbocycles. The maximum atomic E-state index is 13.5. The van der Waals surface area contributed by atoms with Gasteiger partial charge in [0.15, 0.2) is 0 Å². The Hall–Kier alpha value is -2.63. The number of nitrogens with two attached hydrogens (primary N) is 1. The van der Waals surface area contributed by atoms with Crippen molar-refractivity contribution in [3.8, 4) is 5.75 Å². The molecule has 0 fully saturated rings. The molecule has 2 aromatic carbocycles. The zero-order chi connectivity index (χ0) is 14.7. The van der Waals surface area contributed by atoms with Crippen LogP contribution in [0.4, 0.5) is 20.2 Å². The van der Waals surface area contributed by atoms with Crippen LogP contribution in [0.15, 0.2) is 36.4 Å². The Labute approximate surface area is 114 Å². The number of para-hydroxylation sites is 1. The van der Waals surface area contributed by atoms with Crippen LogP contribution in [0, 0.1) is 11.6 Å². The number of hydrogen-bond donors (Lipinski definition) is 2. The summed E-state index contributed by atoms with van der Waals surface area (Å²) in [4.78, 5) is 12.1. The number of benzene rings is 2. The molecule has 0 aliphatic rings. The lowest BCUT2D eigenvalue weighted by Crippen LogP contribution is -2.17. The predicted molar refractivity (Wildman–Crippen MR) is 71.7 cm³/mol. The molecule has 20 heavy (non-hydrogen) atoms. The van der Waals surface area contributed by atoms with Crippen molar-refractivity contribution in [2.75, 3.05) is 18.2 Å². The van der Waals surface area contributed by atoms with Gasteiger partial charge in [0.1, 0.15) is 28.6 Å². The average molecular weight is 278 g/mol. The van der Waals surface area contributed by atoms with E-state index < -0.39 is 23.2 Å². The molecule has 0 unspecified atom stereocenters. The summed E-state index contributed by atoms with van der Waals surface area (Å²) in [6.07, 6.45) is 0. The van der Waals surface area contributed by atoms with Crippen molar-refractivity contribution in [3.63, 3.8) is 0 Å². The number of methoxy groups -OCH3 is 1. The molecule has 0 radical (unpaired) electrons. The summed E-state index contributed by atoms with van der Waals surface area (Å²) in [6.45, 7) is 0. The Balaban J connectivity index is 2.39. The van der Waals surface area contributed by atoms with Crippen LogP contribution < -0.4 is 15.8 Å². The van der Waals surface area contributed by atoms with Crippen LogP contribution in [0.1, 0.15) is 10.4 Å². The summed E-state index contributed by atoms with van der Waals surface area (Å²) in [5.74, 6) is -2.26. The monoisotopic (exact) mass is 278 g/mol. The minimum absolute atomic E-state index is 0.0256. The number of halogens is 2. The number of amides is 1. The average Bonchev–Trinajstić information content (AvgIpc) is 2.42. The van der Waals surface area contributed by atoms with Crippen LogP contribution in [0.5, 0.6) is 5.75 Å². The Morgan fingerprint density at radius 2 is 1.75 bits per heavy atom. The van der Waals surface area contributed by atoms with E-state index in [2.05, 4.69) is 5.32 Å². The maximum Gasteiger partial charge on any atom is 0.261 e. The number of nitrogen functional groups attached to an aromatic ring is 1. The number of rotatable bonds is 3. The number of anilines is 2. The van der Waals surface area contributed by atoms with Gasteiger partial charge in [-0.1, -0.05) is 12.1 Å². The van der Waals surface area contributed by atoms with E-state index in [9.17, 15) is 13.6 Å². The van der Waals surface area contributed by atoms with Crippen molar-refractivity contribution in [2.45, 2.75) is 0 Å². The minimum atomic E-state index is -0.869. The quantitative estimate of drug-likeness (QED) is 0.848. The molecule has 0 saturated heterocycles. The van der Waals surface area contributed by atoms with Crippen molar-refractivity contribution in [2.24, 2.45) is 0 Å². The molecule has 0 aliphatic heterocycles. The summed E-state index contributed by atoms with van der Waals surface area (Å²) >= 11 is 0. The molecule has 2 aromatic rings. The Morgan fingerprint density at radius 1 is 1.15 bits per heavy atom. The number of hydrogen-bond acceptors (Lipinski definition) is 3. The van der Waals surface area contributed by atoms with Crippen LogP contribution in [0.2, 0.25) is 0 Å². The predicted octanol–water partition coefficient (Wildman–Crippen LogP) is 2.81. The van der Waals surface area contributed by atoms with Crippen LogP contribution in [0.25, 0.3) is 0 Å². The highest BCUT2D eigenvalue weighted by Gasteiger charge is 2.19. The first-order valence-corrected chi connectivity index (χ1v) is 5.72. The number of carbonyl (C=O) groups is 1. The Kier molecular flexibility index (Phi) is 3.84. The fraction of sp³-hybridized carbons (Fsp3) is 0.0714. The zero-order valence-corrected chi connectivity index (χ0v) is 10.6. The van der Waals surface area contributed by atoms with Gasteiger partial charge < -0.3 is 15.8 Å². The summed E-state index contributed by atoms with van der Waals surface area (Å²) in [5, 5.41) is 2.16. The molecule has 0 heterocycles. The molecule has 0 bridgehead atoms. The molecule has 0 atom stereocenters. The fourth-order valence-electron chi connectivity index (χ4n) is 1.75. The molecule has 3 N–H and O–H groups in total. The van der Waals surface area contributed by atoms with Crippen molar-refractivity contribution in [1.82, 2.24) is 0 Å². The van der Waals surface area contributed by atoms with Crippen molar-refractivity contribution in [3.05, 3.63) is 53.6 Å². The van der Waals surface area contributed by atoms with Crippen LogP contribution in [-0.4, -0.2) is 13.0 Å². The van der Waals surface area contributed by atoms with Gasteiger partial charge in [-0.05, 0) is 24.3 Å². The second-order valence-corrected chi connectivity index (χ2v) is 3.98. The maximum absolute atomic E-state index is 13.5. The van der Waals surface area contributed by atoms with E-state index in [1.165, 1.54) is 25.3 Å². The number of carbonyl (C=O) groups excluding carboxylic acids is 1. The van der Waals surface area contributed by atoms with Gasteiger partial charge in [-0.2, -0.15) is 0 Å². The third-order valence-electron chi connectivity index (χ3n) is 2.71. The van der Waals surface area contributed by atoms with Gasteiger partial charge in [-0.15, -0.1) is 0 Å².